The summed E-state index contributed by atoms with van der Waals surface area (Å²) in [6, 6.07) is 13.7. The molecule has 1 aliphatic heterocycles. The van der Waals surface area contributed by atoms with Gasteiger partial charge in [0.25, 0.3) is 5.91 Å². The van der Waals surface area contributed by atoms with Crippen LogP contribution in [0.3, 0.4) is 0 Å². The summed E-state index contributed by atoms with van der Waals surface area (Å²) in [6.45, 7) is 1.17. The highest BCUT2D eigenvalue weighted by Crippen LogP contribution is 2.21. The molecule has 5 heteroatoms. The summed E-state index contributed by atoms with van der Waals surface area (Å²) in [7, 11) is 1.81. The number of rotatable bonds is 3. The lowest BCUT2D eigenvalue weighted by molar-refractivity contribution is 0.00985. The van der Waals surface area contributed by atoms with Crippen molar-refractivity contribution in [1.82, 2.24) is 14.9 Å². The summed E-state index contributed by atoms with van der Waals surface area (Å²) in [5, 5.41) is 0. The van der Waals surface area contributed by atoms with E-state index in [1.54, 1.807) is 29.4 Å². The zero-order valence-electron chi connectivity index (χ0n) is 14.1. The monoisotopic (exact) mass is 333 g/mol. The van der Waals surface area contributed by atoms with Gasteiger partial charge in [-0.1, -0.05) is 24.3 Å². The Morgan fingerprint density at radius 1 is 1.12 bits per heavy atom. The van der Waals surface area contributed by atoms with Crippen molar-refractivity contribution >= 4 is 16.9 Å². The Labute approximate surface area is 146 Å². The lowest BCUT2D eigenvalue weighted by atomic mass is 9.99. The minimum absolute atomic E-state index is 0.0177. The maximum absolute atomic E-state index is 12.7. The highest BCUT2D eigenvalue weighted by Gasteiger charge is 2.22. The molecule has 3 aromatic rings. The minimum atomic E-state index is -0.0324. The molecule has 5 nitrogen and oxygen atoms in total. The average Bonchev–Trinajstić information content (AvgIpc) is 2.67. The molecule has 1 unspecified atom stereocenters. The number of amides is 1. The van der Waals surface area contributed by atoms with Gasteiger partial charge in [-0.15, -0.1) is 0 Å². The fraction of sp³-hybridized carbons (Fsp3) is 0.250. The summed E-state index contributed by atoms with van der Waals surface area (Å²) >= 11 is 0. The molecule has 1 aliphatic rings. The van der Waals surface area contributed by atoms with Gasteiger partial charge in [-0.3, -0.25) is 14.8 Å². The van der Waals surface area contributed by atoms with Crippen LogP contribution >= 0.6 is 0 Å². The number of fused-ring (bicyclic) bond motifs is 2. The molecule has 25 heavy (non-hydrogen) atoms. The highest BCUT2D eigenvalue weighted by atomic mass is 16.5. The number of benzene rings is 2. The first-order chi connectivity index (χ1) is 12.2. The smallest absolute Gasteiger partial charge is 0.253 e. The first-order valence-electron chi connectivity index (χ1n) is 8.35. The van der Waals surface area contributed by atoms with E-state index in [1.807, 2.05) is 25.2 Å². The van der Waals surface area contributed by atoms with Gasteiger partial charge in [-0.05, 0) is 29.3 Å². The molecule has 0 saturated heterocycles. The first kappa shape index (κ1) is 15.7. The van der Waals surface area contributed by atoms with Crippen LogP contribution in [0.2, 0.25) is 0 Å². The summed E-state index contributed by atoms with van der Waals surface area (Å²) in [6.07, 6.45) is 4.13. The molecule has 2 heterocycles. The third kappa shape index (κ3) is 3.23. The molecular formula is C20H19N3O2. The summed E-state index contributed by atoms with van der Waals surface area (Å²) < 4.78 is 5.92. The van der Waals surface area contributed by atoms with Crippen molar-refractivity contribution < 1.29 is 9.53 Å². The van der Waals surface area contributed by atoms with Crippen molar-refractivity contribution in [3.63, 3.8) is 0 Å². The Bertz CT molecular complexity index is 925. The normalized spacial score (nSPS) is 16.4. The van der Waals surface area contributed by atoms with Gasteiger partial charge >= 0.3 is 0 Å². The van der Waals surface area contributed by atoms with Crippen molar-refractivity contribution in [2.75, 3.05) is 13.6 Å². The van der Waals surface area contributed by atoms with Crippen molar-refractivity contribution in [3.8, 4) is 0 Å². The molecule has 0 spiro atoms. The van der Waals surface area contributed by atoms with Crippen LogP contribution in [-0.2, 0) is 17.8 Å². The highest BCUT2D eigenvalue weighted by molar-refractivity contribution is 5.97. The van der Waals surface area contributed by atoms with Crippen LogP contribution in [0.5, 0.6) is 0 Å². The molecular weight excluding hydrogens is 314 g/mol. The van der Waals surface area contributed by atoms with Crippen LogP contribution < -0.4 is 0 Å². The van der Waals surface area contributed by atoms with E-state index in [-0.39, 0.29) is 12.0 Å². The fourth-order valence-corrected chi connectivity index (χ4v) is 3.23. The van der Waals surface area contributed by atoms with Gasteiger partial charge in [0, 0.05) is 38.0 Å². The lowest BCUT2D eigenvalue weighted by Gasteiger charge is -2.29. The fourth-order valence-electron chi connectivity index (χ4n) is 3.23. The second-order valence-electron chi connectivity index (χ2n) is 6.35. The van der Waals surface area contributed by atoms with Crippen molar-refractivity contribution in [1.29, 1.82) is 0 Å². The number of hydrogen-bond donors (Lipinski definition) is 0. The SMILES string of the molecule is CN(CC1Cc2ccccc2CO1)C(=O)c1ccc2nccnc2c1. The van der Waals surface area contributed by atoms with Crippen LogP contribution in [0.25, 0.3) is 11.0 Å². The molecule has 1 amide bonds. The van der Waals surface area contributed by atoms with Crippen molar-refractivity contribution in [2.45, 2.75) is 19.1 Å². The predicted molar refractivity (Wildman–Crippen MR) is 95.2 cm³/mol. The maximum Gasteiger partial charge on any atom is 0.253 e. The average molecular weight is 333 g/mol. The molecule has 2 aromatic carbocycles. The summed E-state index contributed by atoms with van der Waals surface area (Å²) in [4.78, 5) is 22.9. The molecule has 0 radical (unpaired) electrons. The van der Waals surface area contributed by atoms with Gasteiger partial charge in [0.05, 0.1) is 23.7 Å². The van der Waals surface area contributed by atoms with E-state index in [1.165, 1.54) is 11.1 Å². The molecule has 0 fully saturated rings. The quantitative estimate of drug-likeness (QED) is 0.739. The molecule has 0 aliphatic carbocycles. The number of carbonyl (C=O) groups is 1. The molecule has 0 bridgehead atoms. The minimum Gasteiger partial charge on any atom is -0.371 e. The van der Waals surface area contributed by atoms with Crippen LogP contribution in [0.4, 0.5) is 0 Å². The second-order valence-corrected chi connectivity index (χ2v) is 6.35. The number of hydrogen-bond acceptors (Lipinski definition) is 4. The van der Waals surface area contributed by atoms with Crippen LogP contribution in [0, 0.1) is 0 Å². The van der Waals surface area contributed by atoms with Crippen molar-refractivity contribution in [2.24, 2.45) is 0 Å². The summed E-state index contributed by atoms with van der Waals surface area (Å²) in [5.41, 5.74) is 4.67. The van der Waals surface area contributed by atoms with Gasteiger partial charge in [0.15, 0.2) is 0 Å². The Balaban J connectivity index is 1.47. The molecule has 1 aromatic heterocycles. The first-order valence-corrected chi connectivity index (χ1v) is 8.35. The number of nitrogens with zero attached hydrogens (tertiary/aromatic N) is 3. The number of likely N-dealkylation sites (N-methyl/N-ethyl adjacent to an activating group) is 1. The molecule has 126 valence electrons. The summed E-state index contributed by atoms with van der Waals surface area (Å²) in [5.74, 6) is -0.0324. The predicted octanol–water partition coefficient (Wildman–Crippen LogP) is 2.84. The molecule has 1 atom stereocenters. The Morgan fingerprint density at radius 3 is 2.72 bits per heavy atom. The molecule has 0 saturated carbocycles. The number of carbonyl (C=O) groups excluding carboxylic acids is 1. The Kier molecular flexibility index (Phi) is 4.15. The van der Waals surface area contributed by atoms with E-state index in [0.717, 1.165) is 17.5 Å². The second kappa shape index (κ2) is 6.61. The van der Waals surface area contributed by atoms with E-state index in [4.69, 9.17) is 4.74 Å². The third-order valence-corrected chi connectivity index (χ3v) is 4.58. The van der Waals surface area contributed by atoms with Gasteiger partial charge in [-0.25, -0.2) is 0 Å². The van der Waals surface area contributed by atoms with Gasteiger partial charge < -0.3 is 9.64 Å². The van der Waals surface area contributed by atoms with E-state index >= 15 is 0 Å². The van der Waals surface area contributed by atoms with Crippen LogP contribution in [0.1, 0.15) is 21.5 Å². The largest absolute Gasteiger partial charge is 0.371 e. The zero-order chi connectivity index (χ0) is 17.2. The Morgan fingerprint density at radius 2 is 1.88 bits per heavy atom. The number of aromatic nitrogens is 2. The standard InChI is InChI=1S/C20H19N3O2/c1-23(12-17-10-14-4-2-3-5-16(14)13-25-17)20(24)15-6-7-18-19(11-15)22-9-8-21-18/h2-9,11,17H,10,12-13H2,1H3. The van der Waals surface area contributed by atoms with E-state index in [9.17, 15) is 4.79 Å². The van der Waals surface area contributed by atoms with Crippen LogP contribution in [-0.4, -0.2) is 40.5 Å². The van der Waals surface area contributed by atoms with E-state index < -0.39 is 0 Å². The van der Waals surface area contributed by atoms with Crippen LogP contribution in [0.15, 0.2) is 54.9 Å². The van der Waals surface area contributed by atoms with Gasteiger partial charge in [0.2, 0.25) is 0 Å². The van der Waals surface area contributed by atoms with E-state index in [0.29, 0.717) is 18.7 Å². The molecule has 4 rings (SSSR count). The third-order valence-electron chi connectivity index (χ3n) is 4.58. The lowest BCUT2D eigenvalue weighted by Crippen LogP contribution is -2.38. The van der Waals surface area contributed by atoms with E-state index in [2.05, 4.69) is 22.1 Å². The van der Waals surface area contributed by atoms with Gasteiger partial charge in [-0.2, -0.15) is 0 Å². The van der Waals surface area contributed by atoms with Gasteiger partial charge in [0.1, 0.15) is 0 Å². The maximum atomic E-state index is 12.7. The topological polar surface area (TPSA) is 55.3 Å². The number of ether oxygens (including phenoxy) is 1. The van der Waals surface area contributed by atoms with Crippen molar-refractivity contribution in [3.05, 3.63) is 71.5 Å². The Hall–Kier alpha value is -2.79. The molecule has 0 N–H and O–H groups in total. The zero-order valence-corrected chi connectivity index (χ0v) is 14.1.